The third-order valence-electron chi connectivity index (χ3n) is 2.30. The fourth-order valence-corrected chi connectivity index (χ4v) is 1.80. The molecule has 0 bridgehead atoms. The van der Waals surface area contributed by atoms with Gasteiger partial charge in [-0.25, -0.2) is 0 Å². The molecule has 2 atom stereocenters. The van der Waals surface area contributed by atoms with Gasteiger partial charge in [-0.2, -0.15) is 0 Å². The van der Waals surface area contributed by atoms with Crippen LogP contribution in [-0.4, -0.2) is 19.8 Å². The Morgan fingerprint density at radius 1 is 1.40 bits per heavy atom. The van der Waals surface area contributed by atoms with E-state index in [2.05, 4.69) is 25.2 Å². The van der Waals surface area contributed by atoms with Crippen molar-refractivity contribution >= 4 is 11.6 Å². The van der Waals surface area contributed by atoms with Crippen molar-refractivity contribution in [2.75, 3.05) is 13.7 Å². The molecule has 15 heavy (non-hydrogen) atoms. The number of ether oxygens (including phenoxy) is 1. The largest absolute Gasteiger partial charge is 0.383 e. The molecule has 1 unspecified atom stereocenters. The summed E-state index contributed by atoms with van der Waals surface area (Å²) in [5.41, 5.74) is 1.20. The minimum atomic E-state index is 0.286. The van der Waals surface area contributed by atoms with Gasteiger partial charge in [0.15, 0.2) is 0 Å². The molecule has 0 saturated heterocycles. The molecule has 0 aliphatic rings. The van der Waals surface area contributed by atoms with Crippen molar-refractivity contribution in [2.45, 2.75) is 25.9 Å². The number of nitrogens with one attached hydrogen (secondary N) is 1. The van der Waals surface area contributed by atoms with Gasteiger partial charge in [0, 0.05) is 24.2 Å². The SMILES string of the molecule is COCC(C)N[C@H](C)c1cccc(Cl)c1. The molecule has 0 saturated carbocycles. The molecule has 0 aliphatic carbocycles. The van der Waals surface area contributed by atoms with Crippen molar-refractivity contribution in [3.63, 3.8) is 0 Å². The summed E-state index contributed by atoms with van der Waals surface area (Å²) in [6, 6.07) is 8.53. The summed E-state index contributed by atoms with van der Waals surface area (Å²) in [5, 5.41) is 4.22. The van der Waals surface area contributed by atoms with E-state index in [1.165, 1.54) is 5.56 Å². The van der Waals surface area contributed by atoms with Crippen LogP contribution in [0.15, 0.2) is 24.3 Å². The van der Waals surface area contributed by atoms with Gasteiger partial charge in [0.25, 0.3) is 0 Å². The van der Waals surface area contributed by atoms with Crippen LogP contribution in [0, 0.1) is 0 Å². The first-order valence-corrected chi connectivity index (χ1v) is 5.51. The zero-order chi connectivity index (χ0) is 11.3. The quantitative estimate of drug-likeness (QED) is 0.835. The van der Waals surface area contributed by atoms with Gasteiger partial charge >= 0.3 is 0 Å². The highest BCUT2D eigenvalue weighted by Crippen LogP contribution is 2.17. The van der Waals surface area contributed by atoms with Gasteiger partial charge in [0.05, 0.1) is 6.61 Å². The molecule has 0 radical (unpaired) electrons. The molecular weight excluding hydrogens is 210 g/mol. The Hall–Kier alpha value is -0.570. The van der Waals surface area contributed by atoms with E-state index < -0.39 is 0 Å². The molecular formula is C12H18ClNO. The maximum atomic E-state index is 5.93. The Labute approximate surface area is 96.6 Å². The van der Waals surface area contributed by atoms with E-state index in [0.717, 1.165) is 5.02 Å². The molecule has 1 aromatic carbocycles. The van der Waals surface area contributed by atoms with E-state index in [1.54, 1.807) is 7.11 Å². The Bertz CT molecular complexity index is 303. The summed E-state index contributed by atoms with van der Waals surface area (Å²) in [5.74, 6) is 0. The topological polar surface area (TPSA) is 21.3 Å². The molecule has 0 aromatic heterocycles. The van der Waals surface area contributed by atoms with E-state index in [9.17, 15) is 0 Å². The van der Waals surface area contributed by atoms with Crippen LogP contribution >= 0.6 is 11.6 Å². The van der Waals surface area contributed by atoms with Crippen LogP contribution in [-0.2, 0) is 4.74 Å². The number of hydrogen-bond acceptors (Lipinski definition) is 2. The Morgan fingerprint density at radius 2 is 2.13 bits per heavy atom. The second kappa shape index (κ2) is 6.11. The van der Waals surface area contributed by atoms with Crippen LogP contribution in [0.4, 0.5) is 0 Å². The van der Waals surface area contributed by atoms with Gasteiger partial charge < -0.3 is 10.1 Å². The van der Waals surface area contributed by atoms with Crippen LogP contribution in [0.5, 0.6) is 0 Å². The molecule has 0 fully saturated rings. The lowest BCUT2D eigenvalue weighted by Gasteiger charge is -2.19. The zero-order valence-electron chi connectivity index (χ0n) is 9.46. The number of rotatable bonds is 5. The maximum Gasteiger partial charge on any atom is 0.0613 e. The van der Waals surface area contributed by atoms with Crippen molar-refractivity contribution in [1.29, 1.82) is 0 Å². The van der Waals surface area contributed by atoms with Gasteiger partial charge in [0.1, 0.15) is 0 Å². The van der Waals surface area contributed by atoms with E-state index in [4.69, 9.17) is 16.3 Å². The first kappa shape index (κ1) is 12.5. The lowest BCUT2D eigenvalue weighted by Crippen LogP contribution is -2.32. The summed E-state index contributed by atoms with van der Waals surface area (Å²) >= 11 is 5.93. The summed E-state index contributed by atoms with van der Waals surface area (Å²) < 4.78 is 5.08. The summed E-state index contributed by atoms with van der Waals surface area (Å²) in [7, 11) is 1.71. The second-order valence-electron chi connectivity index (χ2n) is 3.80. The highest BCUT2D eigenvalue weighted by Gasteiger charge is 2.09. The van der Waals surface area contributed by atoms with Crippen LogP contribution < -0.4 is 5.32 Å². The zero-order valence-corrected chi connectivity index (χ0v) is 10.2. The van der Waals surface area contributed by atoms with Crippen LogP contribution in [0.25, 0.3) is 0 Å². The monoisotopic (exact) mass is 227 g/mol. The van der Waals surface area contributed by atoms with Gasteiger partial charge in [-0.3, -0.25) is 0 Å². The van der Waals surface area contributed by atoms with E-state index in [-0.39, 0.29) is 6.04 Å². The normalized spacial score (nSPS) is 14.9. The predicted molar refractivity (Wildman–Crippen MR) is 64.3 cm³/mol. The molecule has 1 rings (SSSR count). The molecule has 2 nitrogen and oxygen atoms in total. The highest BCUT2D eigenvalue weighted by atomic mass is 35.5. The van der Waals surface area contributed by atoms with Gasteiger partial charge in [0.2, 0.25) is 0 Å². The van der Waals surface area contributed by atoms with Crippen molar-refractivity contribution in [3.05, 3.63) is 34.9 Å². The molecule has 1 N–H and O–H groups in total. The summed E-state index contributed by atoms with van der Waals surface area (Å²) in [6.45, 7) is 4.94. The Morgan fingerprint density at radius 3 is 2.73 bits per heavy atom. The van der Waals surface area contributed by atoms with Gasteiger partial charge in [-0.05, 0) is 31.5 Å². The number of benzene rings is 1. The second-order valence-corrected chi connectivity index (χ2v) is 4.24. The highest BCUT2D eigenvalue weighted by molar-refractivity contribution is 6.30. The van der Waals surface area contributed by atoms with Crippen LogP contribution in [0.2, 0.25) is 5.02 Å². The average molecular weight is 228 g/mol. The number of hydrogen-bond donors (Lipinski definition) is 1. The average Bonchev–Trinajstić information content (AvgIpc) is 2.18. The van der Waals surface area contributed by atoms with Crippen LogP contribution in [0.1, 0.15) is 25.5 Å². The molecule has 3 heteroatoms. The minimum absolute atomic E-state index is 0.286. The number of methoxy groups -OCH3 is 1. The molecule has 0 amide bonds. The van der Waals surface area contributed by atoms with Crippen molar-refractivity contribution in [1.82, 2.24) is 5.32 Å². The first-order chi connectivity index (χ1) is 7.13. The Balaban J connectivity index is 2.56. The molecule has 0 aliphatic heterocycles. The smallest absolute Gasteiger partial charge is 0.0613 e. The van der Waals surface area contributed by atoms with E-state index in [1.807, 2.05) is 18.2 Å². The molecule has 84 valence electrons. The van der Waals surface area contributed by atoms with Crippen molar-refractivity contribution < 1.29 is 4.74 Å². The fraction of sp³-hybridized carbons (Fsp3) is 0.500. The van der Waals surface area contributed by atoms with Crippen molar-refractivity contribution in [2.24, 2.45) is 0 Å². The fourth-order valence-electron chi connectivity index (χ4n) is 1.60. The van der Waals surface area contributed by atoms with Crippen LogP contribution in [0.3, 0.4) is 0 Å². The van der Waals surface area contributed by atoms with E-state index in [0.29, 0.717) is 12.6 Å². The minimum Gasteiger partial charge on any atom is -0.383 e. The summed E-state index contributed by atoms with van der Waals surface area (Å²) in [4.78, 5) is 0. The number of halogens is 1. The Kier molecular flexibility index (Phi) is 5.09. The molecule has 0 heterocycles. The van der Waals surface area contributed by atoms with Gasteiger partial charge in [-0.1, -0.05) is 23.7 Å². The van der Waals surface area contributed by atoms with E-state index >= 15 is 0 Å². The summed E-state index contributed by atoms with van der Waals surface area (Å²) in [6.07, 6.45) is 0. The first-order valence-electron chi connectivity index (χ1n) is 5.14. The third-order valence-corrected chi connectivity index (χ3v) is 2.53. The molecule has 0 spiro atoms. The maximum absolute atomic E-state index is 5.93. The lowest BCUT2D eigenvalue weighted by molar-refractivity contribution is 0.168. The molecule has 1 aromatic rings. The third kappa shape index (κ3) is 4.20. The van der Waals surface area contributed by atoms with Crippen molar-refractivity contribution in [3.8, 4) is 0 Å². The lowest BCUT2D eigenvalue weighted by atomic mass is 10.1. The standard InChI is InChI=1S/C12H18ClNO/c1-9(8-15-3)14-10(2)11-5-4-6-12(13)7-11/h4-7,9-10,14H,8H2,1-3H3/t9?,10-/m1/s1. The predicted octanol–water partition coefficient (Wildman–Crippen LogP) is 3.03. The van der Waals surface area contributed by atoms with Gasteiger partial charge in [-0.15, -0.1) is 0 Å².